The molecule has 0 saturated carbocycles. The highest BCUT2D eigenvalue weighted by Gasteiger charge is 2.41. The van der Waals surface area contributed by atoms with Crippen molar-refractivity contribution in [3.05, 3.63) is 10.1 Å². The van der Waals surface area contributed by atoms with Crippen LogP contribution in [-0.4, -0.2) is 58.9 Å². The summed E-state index contributed by atoms with van der Waals surface area (Å²) in [4.78, 5) is 47.2. The standard InChI is InChI=1S/C15H26N2O8/c1-14(2,3)24-12(19)17(13(20)25-15(4,5)6)10(11(18)23-7)8-9-16(21)22/h10H,8-9H2,1-7H3/t10-/m0/s1. The predicted octanol–water partition coefficient (Wildman–Crippen LogP) is 2.37. The van der Waals surface area contributed by atoms with Crippen LogP contribution < -0.4 is 0 Å². The Morgan fingerprint density at radius 2 is 1.40 bits per heavy atom. The molecule has 25 heavy (non-hydrogen) atoms. The van der Waals surface area contributed by atoms with E-state index < -0.39 is 53.3 Å². The molecule has 0 heterocycles. The second kappa shape index (κ2) is 8.63. The SMILES string of the molecule is COC(=O)[C@H](CC[N+](=O)[O-])N(C(=O)OC(C)(C)C)C(=O)OC(C)(C)C. The maximum Gasteiger partial charge on any atom is 0.420 e. The zero-order valence-electron chi connectivity index (χ0n) is 15.7. The number of amides is 2. The number of esters is 1. The summed E-state index contributed by atoms with van der Waals surface area (Å²) >= 11 is 0. The van der Waals surface area contributed by atoms with E-state index in [0.717, 1.165) is 7.11 Å². The van der Waals surface area contributed by atoms with Crippen molar-refractivity contribution >= 4 is 18.2 Å². The van der Waals surface area contributed by atoms with Gasteiger partial charge in [0.2, 0.25) is 6.54 Å². The van der Waals surface area contributed by atoms with Gasteiger partial charge in [0.05, 0.1) is 7.11 Å². The van der Waals surface area contributed by atoms with Crippen molar-refractivity contribution in [3.63, 3.8) is 0 Å². The van der Waals surface area contributed by atoms with Crippen LogP contribution in [0.25, 0.3) is 0 Å². The van der Waals surface area contributed by atoms with Gasteiger partial charge in [-0.25, -0.2) is 14.4 Å². The van der Waals surface area contributed by atoms with E-state index in [2.05, 4.69) is 4.74 Å². The molecule has 0 N–H and O–H groups in total. The molecule has 144 valence electrons. The Bertz CT molecular complexity index is 491. The number of carbonyl (C=O) groups is 3. The van der Waals surface area contributed by atoms with E-state index in [1.54, 1.807) is 41.5 Å². The second-order valence-corrected chi connectivity index (χ2v) is 7.21. The normalized spacial score (nSPS) is 12.8. The number of methoxy groups -OCH3 is 1. The van der Waals surface area contributed by atoms with Gasteiger partial charge in [-0.2, -0.15) is 4.90 Å². The van der Waals surface area contributed by atoms with Crippen molar-refractivity contribution in [1.29, 1.82) is 0 Å². The summed E-state index contributed by atoms with van der Waals surface area (Å²) < 4.78 is 14.8. The van der Waals surface area contributed by atoms with Crippen LogP contribution in [0.15, 0.2) is 0 Å². The molecule has 0 rings (SSSR count). The summed E-state index contributed by atoms with van der Waals surface area (Å²) in [7, 11) is 1.05. The molecular formula is C15H26N2O8. The van der Waals surface area contributed by atoms with Gasteiger partial charge >= 0.3 is 18.2 Å². The molecule has 0 unspecified atom stereocenters. The zero-order chi connectivity index (χ0) is 20.0. The van der Waals surface area contributed by atoms with Crippen LogP contribution in [0, 0.1) is 10.1 Å². The molecule has 0 saturated heterocycles. The number of hydrogen-bond donors (Lipinski definition) is 0. The smallest absolute Gasteiger partial charge is 0.420 e. The highest BCUT2D eigenvalue weighted by atomic mass is 16.6. The summed E-state index contributed by atoms with van der Waals surface area (Å²) in [5, 5.41) is 10.6. The molecular weight excluding hydrogens is 336 g/mol. The molecule has 0 aromatic heterocycles. The molecule has 0 fully saturated rings. The maximum absolute atomic E-state index is 12.4. The van der Waals surface area contributed by atoms with E-state index in [-0.39, 0.29) is 0 Å². The number of ether oxygens (including phenoxy) is 3. The van der Waals surface area contributed by atoms with Crippen molar-refractivity contribution in [1.82, 2.24) is 4.90 Å². The van der Waals surface area contributed by atoms with Crippen molar-refractivity contribution in [3.8, 4) is 0 Å². The number of rotatable bonds is 5. The van der Waals surface area contributed by atoms with Gasteiger partial charge in [-0.3, -0.25) is 10.1 Å². The topological polar surface area (TPSA) is 125 Å². The van der Waals surface area contributed by atoms with Crippen molar-refractivity contribution in [2.45, 2.75) is 65.2 Å². The molecule has 0 spiro atoms. The van der Waals surface area contributed by atoms with Gasteiger partial charge in [0.25, 0.3) is 0 Å². The zero-order valence-corrected chi connectivity index (χ0v) is 15.7. The van der Waals surface area contributed by atoms with Crippen LogP contribution in [0.4, 0.5) is 9.59 Å². The Kier molecular flexibility index (Phi) is 7.81. The lowest BCUT2D eigenvalue weighted by Crippen LogP contribution is -2.52. The number of nitro groups is 1. The van der Waals surface area contributed by atoms with Gasteiger partial charge in [0.15, 0.2) is 6.04 Å². The fourth-order valence-corrected chi connectivity index (χ4v) is 1.67. The van der Waals surface area contributed by atoms with Crippen LogP contribution in [0.5, 0.6) is 0 Å². The third-order valence-corrected chi connectivity index (χ3v) is 2.55. The first-order chi connectivity index (χ1) is 11.2. The van der Waals surface area contributed by atoms with Crippen LogP contribution in [-0.2, 0) is 19.0 Å². The lowest BCUT2D eigenvalue weighted by atomic mass is 10.1. The Morgan fingerprint density at radius 1 is 1.00 bits per heavy atom. The van der Waals surface area contributed by atoms with Crippen LogP contribution in [0.1, 0.15) is 48.0 Å². The van der Waals surface area contributed by atoms with E-state index in [4.69, 9.17) is 9.47 Å². The van der Waals surface area contributed by atoms with E-state index in [1.807, 2.05) is 0 Å². The number of nitrogens with zero attached hydrogens (tertiary/aromatic N) is 2. The summed E-state index contributed by atoms with van der Waals surface area (Å²) in [5.41, 5.74) is -1.91. The maximum atomic E-state index is 12.4. The molecule has 10 heteroatoms. The summed E-state index contributed by atoms with van der Waals surface area (Å²) in [6, 6.07) is -1.54. The van der Waals surface area contributed by atoms with Crippen LogP contribution in [0.2, 0.25) is 0 Å². The van der Waals surface area contributed by atoms with Crippen molar-refractivity contribution in [2.24, 2.45) is 0 Å². The minimum Gasteiger partial charge on any atom is -0.467 e. The Hall–Kier alpha value is -2.39. The molecule has 0 radical (unpaired) electrons. The highest BCUT2D eigenvalue weighted by Crippen LogP contribution is 2.19. The van der Waals surface area contributed by atoms with E-state index in [0.29, 0.717) is 4.90 Å². The Labute approximate surface area is 146 Å². The van der Waals surface area contributed by atoms with E-state index in [9.17, 15) is 24.5 Å². The van der Waals surface area contributed by atoms with Gasteiger partial charge in [-0.15, -0.1) is 0 Å². The van der Waals surface area contributed by atoms with Crippen LogP contribution >= 0.6 is 0 Å². The number of hydrogen-bond acceptors (Lipinski definition) is 8. The summed E-state index contributed by atoms with van der Waals surface area (Å²) in [6.45, 7) is 8.78. The first kappa shape index (κ1) is 22.6. The minimum atomic E-state index is -1.54. The lowest BCUT2D eigenvalue weighted by Gasteiger charge is -2.31. The quantitative estimate of drug-likeness (QED) is 0.316. The number of carbonyl (C=O) groups excluding carboxylic acids is 3. The first-order valence-electron chi connectivity index (χ1n) is 7.62. The van der Waals surface area contributed by atoms with Gasteiger partial charge in [0, 0.05) is 11.3 Å². The third-order valence-electron chi connectivity index (χ3n) is 2.55. The molecule has 0 aliphatic carbocycles. The number of imide groups is 1. The van der Waals surface area contributed by atoms with Crippen molar-refractivity contribution in [2.75, 3.05) is 13.7 Å². The van der Waals surface area contributed by atoms with Gasteiger partial charge in [-0.1, -0.05) is 0 Å². The van der Waals surface area contributed by atoms with Gasteiger partial charge in [-0.05, 0) is 41.5 Å². The molecule has 10 nitrogen and oxygen atoms in total. The van der Waals surface area contributed by atoms with Crippen molar-refractivity contribution < 1.29 is 33.5 Å². The molecule has 0 aliphatic heterocycles. The van der Waals surface area contributed by atoms with Gasteiger partial charge in [0.1, 0.15) is 11.2 Å². The fraction of sp³-hybridized carbons (Fsp3) is 0.800. The predicted molar refractivity (Wildman–Crippen MR) is 86.6 cm³/mol. The lowest BCUT2D eigenvalue weighted by molar-refractivity contribution is -0.481. The average molecular weight is 362 g/mol. The van der Waals surface area contributed by atoms with Crippen LogP contribution in [0.3, 0.4) is 0 Å². The minimum absolute atomic E-state index is 0.422. The third kappa shape index (κ3) is 8.87. The summed E-state index contributed by atoms with van der Waals surface area (Å²) in [6.07, 6.45) is -2.74. The largest absolute Gasteiger partial charge is 0.467 e. The molecule has 2 amide bonds. The molecule has 0 bridgehead atoms. The average Bonchev–Trinajstić information content (AvgIpc) is 2.37. The monoisotopic (exact) mass is 362 g/mol. The van der Waals surface area contributed by atoms with E-state index >= 15 is 0 Å². The molecule has 1 atom stereocenters. The molecule has 0 aromatic carbocycles. The molecule has 0 aromatic rings. The van der Waals surface area contributed by atoms with Gasteiger partial charge < -0.3 is 14.2 Å². The first-order valence-corrected chi connectivity index (χ1v) is 7.62. The van der Waals surface area contributed by atoms with E-state index in [1.165, 1.54) is 0 Å². The second-order valence-electron chi connectivity index (χ2n) is 7.21. The highest BCUT2D eigenvalue weighted by molar-refractivity contribution is 5.94. The Morgan fingerprint density at radius 3 is 1.68 bits per heavy atom. The summed E-state index contributed by atoms with van der Waals surface area (Å²) in [5.74, 6) is -0.987. The Balaban J connectivity index is 5.75. The molecule has 0 aliphatic rings. The fourth-order valence-electron chi connectivity index (χ4n) is 1.67.